The van der Waals surface area contributed by atoms with Crippen molar-refractivity contribution in [3.05, 3.63) is 28.2 Å². The third kappa shape index (κ3) is 5.09. The minimum Gasteiger partial charge on any atom is -0.494 e. The molecule has 0 heterocycles. The molecule has 0 bridgehead atoms. The molecular weight excluding hydrogens is 243 g/mol. The van der Waals surface area contributed by atoms with E-state index in [2.05, 4.69) is 13.8 Å². The van der Waals surface area contributed by atoms with Crippen LogP contribution in [0.3, 0.4) is 0 Å². The van der Waals surface area contributed by atoms with Crippen molar-refractivity contribution in [1.29, 1.82) is 0 Å². The molecule has 16 heavy (non-hydrogen) atoms. The van der Waals surface area contributed by atoms with Gasteiger partial charge in [0.15, 0.2) is 0 Å². The molecule has 0 fully saturated rings. The van der Waals surface area contributed by atoms with E-state index in [1.54, 1.807) is 12.1 Å². The summed E-state index contributed by atoms with van der Waals surface area (Å²) in [6, 6.07) is 5.36. The molecule has 1 nitrogen and oxygen atoms in total. The molecule has 0 unspecified atom stereocenters. The third-order valence-electron chi connectivity index (χ3n) is 2.34. The highest BCUT2D eigenvalue weighted by Gasteiger charge is 2.00. The van der Waals surface area contributed by atoms with Gasteiger partial charge in [-0.25, -0.2) is 0 Å². The molecule has 0 amide bonds. The third-order valence-corrected chi connectivity index (χ3v) is 3.07. The van der Waals surface area contributed by atoms with E-state index in [1.165, 1.54) is 12.8 Å². The van der Waals surface area contributed by atoms with E-state index in [4.69, 9.17) is 27.9 Å². The number of benzene rings is 1. The number of ether oxygens (including phenoxy) is 1. The van der Waals surface area contributed by atoms with Crippen molar-refractivity contribution in [2.24, 2.45) is 5.92 Å². The first-order chi connectivity index (χ1) is 7.59. The zero-order valence-electron chi connectivity index (χ0n) is 9.80. The molecule has 0 atom stereocenters. The molecule has 0 saturated carbocycles. The fourth-order valence-corrected chi connectivity index (χ4v) is 1.70. The van der Waals surface area contributed by atoms with Gasteiger partial charge in [-0.15, -0.1) is 0 Å². The van der Waals surface area contributed by atoms with E-state index < -0.39 is 0 Å². The van der Waals surface area contributed by atoms with Gasteiger partial charge in [-0.2, -0.15) is 0 Å². The van der Waals surface area contributed by atoms with Gasteiger partial charge < -0.3 is 4.74 Å². The van der Waals surface area contributed by atoms with Crippen LogP contribution in [0.2, 0.25) is 10.0 Å². The predicted molar refractivity (Wildman–Crippen MR) is 70.6 cm³/mol. The number of rotatable bonds is 6. The van der Waals surface area contributed by atoms with Crippen LogP contribution in [-0.2, 0) is 0 Å². The van der Waals surface area contributed by atoms with Gasteiger partial charge in [0.2, 0.25) is 0 Å². The molecule has 0 saturated heterocycles. The smallest absolute Gasteiger partial charge is 0.120 e. The molecule has 0 aliphatic rings. The van der Waals surface area contributed by atoms with Crippen LogP contribution in [0.25, 0.3) is 0 Å². The van der Waals surface area contributed by atoms with E-state index in [0.29, 0.717) is 10.0 Å². The van der Waals surface area contributed by atoms with Gasteiger partial charge in [0.1, 0.15) is 5.75 Å². The van der Waals surface area contributed by atoms with Crippen LogP contribution >= 0.6 is 23.2 Å². The summed E-state index contributed by atoms with van der Waals surface area (Å²) < 4.78 is 5.58. The Morgan fingerprint density at radius 3 is 2.50 bits per heavy atom. The summed E-state index contributed by atoms with van der Waals surface area (Å²) in [4.78, 5) is 0. The van der Waals surface area contributed by atoms with Crippen LogP contribution in [0.5, 0.6) is 5.75 Å². The van der Waals surface area contributed by atoms with Gasteiger partial charge in [0.05, 0.1) is 16.7 Å². The summed E-state index contributed by atoms with van der Waals surface area (Å²) in [6.45, 7) is 5.21. The second kappa shape index (κ2) is 7.03. The summed E-state index contributed by atoms with van der Waals surface area (Å²) in [5.74, 6) is 1.56. The average Bonchev–Trinajstić information content (AvgIpc) is 2.22. The largest absolute Gasteiger partial charge is 0.494 e. The fraction of sp³-hybridized carbons (Fsp3) is 0.538. The van der Waals surface area contributed by atoms with Crippen molar-refractivity contribution in [2.45, 2.75) is 33.1 Å². The lowest BCUT2D eigenvalue weighted by atomic mass is 10.1. The Labute approximate surface area is 108 Å². The van der Waals surface area contributed by atoms with Crippen molar-refractivity contribution in [1.82, 2.24) is 0 Å². The van der Waals surface area contributed by atoms with Crippen LogP contribution in [0.1, 0.15) is 33.1 Å². The van der Waals surface area contributed by atoms with Gasteiger partial charge in [-0.05, 0) is 30.9 Å². The molecule has 1 rings (SSSR count). The van der Waals surface area contributed by atoms with Gasteiger partial charge in [-0.1, -0.05) is 43.5 Å². The second-order valence-corrected chi connectivity index (χ2v) is 5.13. The monoisotopic (exact) mass is 260 g/mol. The first kappa shape index (κ1) is 13.7. The first-order valence-corrected chi connectivity index (χ1v) is 6.43. The quantitative estimate of drug-likeness (QED) is 0.639. The Hall–Kier alpha value is -0.400. The second-order valence-electron chi connectivity index (χ2n) is 4.31. The Bertz CT molecular complexity index is 324. The Morgan fingerprint density at radius 2 is 1.88 bits per heavy atom. The van der Waals surface area contributed by atoms with Gasteiger partial charge in [0, 0.05) is 6.07 Å². The minimum absolute atomic E-state index is 0.543. The van der Waals surface area contributed by atoms with Crippen LogP contribution in [-0.4, -0.2) is 6.61 Å². The summed E-state index contributed by atoms with van der Waals surface area (Å²) in [5, 5.41) is 1.11. The summed E-state index contributed by atoms with van der Waals surface area (Å²) >= 11 is 11.7. The van der Waals surface area contributed by atoms with Crippen molar-refractivity contribution in [3.8, 4) is 5.75 Å². The fourth-order valence-electron chi connectivity index (χ4n) is 1.41. The normalized spacial score (nSPS) is 10.8. The summed E-state index contributed by atoms with van der Waals surface area (Å²) in [5.41, 5.74) is 0. The van der Waals surface area contributed by atoms with Crippen LogP contribution in [0.15, 0.2) is 18.2 Å². The van der Waals surface area contributed by atoms with Gasteiger partial charge in [0.25, 0.3) is 0 Å². The van der Waals surface area contributed by atoms with Crippen molar-refractivity contribution in [3.63, 3.8) is 0 Å². The van der Waals surface area contributed by atoms with Crippen molar-refractivity contribution in [2.75, 3.05) is 6.61 Å². The predicted octanol–water partition coefficient (Wildman–Crippen LogP) is 5.20. The van der Waals surface area contributed by atoms with Crippen LogP contribution in [0, 0.1) is 5.92 Å². The molecule has 0 N–H and O–H groups in total. The molecule has 1 aromatic carbocycles. The first-order valence-electron chi connectivity index (χ1n) is 5.67. The highest BCUT2D eigenvalue weighted by Crippen LogP contribution is 2.26. The maximum atomic E-state index is 5.88. The molecule has 3 heteroatoms. The maximum absolute atomic E-state index is 5.88. The highest BCUT2D eigenvalue weighted by atomic mass is 35.5. The Morgan fingerprint density at radius 1 is 1.12 bits per heavy atom. The summed E-state index contributed by atoms with van der Waals surface area (Å²) in [6.07, 6.45) is 3.54. The van der Waals surface area contributed by atoms with E-state index in [9.17, 15) is 0 Å². The molecule has 0 aromatic heterocycles. The number of hydrogen-bond acceptors (Lipinski definition) is 1. The Kier molecular flexibility index (Phi) is 6.00. The van der Waals surface area contributed by atoms with Crippen molar-refractivity contribution < 1.29 is 4.74 Å². The lowest BCUT2D eigenvalue weighted by Gasteiger charge is -2.08. The van der Waals surface area contributed by atoms with Crippen molar-refractivity contribution >= 4 is 23.2 Å². The lowest BCUT2D eigenvalue weighted by molar-refractivity contribution is 0.301. The molecule has 90 valence electrons. The van der Waals surface area contributed by atoms with Crippen LogP contribution < -0.4 is 4.74 Å². The number of halogens is 2. The molecule has 0 aliphatic heterocycles. The molecule has 0 spiro atoms. The van der Waals surface area contributed by atoms with E-state index in [-0.39, 0.29) is 0 Å². The van der Waals surface area contributed by atoms with Crippen LogP contribution in [0.4, 0.5) is 0 Å². The molecule has 0 aliphatic carbocycles. The standard InChI is InChI=1S/C13H18Cl2O/c1-10(2)5-3-4-8-16-11-6-7-12(14)13(15)9-11/h6-7,9-10H,3-5,8H2,1-2H3. The maximum Gasteiger partial charge on any atom is 0.120 e. The molecular formula is C13H18Cl2O. The zero-order valence-corrected chi connectivity index (χ0v) is 11.3. The SMILES string of the molecule is CC(C)CCCCOc1ccc(Cl)c(Cl)c1. The molecule has 1 aromatic rings. The van der Waals surface area contributed by atoms with E-state index >= 15 is 0 Å². The van der Waals surface area contributed by atoms with Gasteiger partial charge >= 0.3 is 0 Å². The summed E-state index contributed by atoms with van der Waals surface area (Å²) in [7, 11) is 0. The number of unbranched alkanes of at least 4 members (excludes halogenated alkanes) is 1. The van der Waals surface area contributed by atoms with Gasteiger partial charge in [-0.3, -0.25) is 0 Å². The van der Waals surface area contributed by atoms with E-state index in [0.717, 1.165) is 24.7 Å². The lowest BCUT2D eigenvalue weighted by Crippen LogP contribution is -1.98. The zero-order chi connectivity index (χ0) is 12.0. The average molecular weight is 261 g/mol. The minimum atomic E-state index is 0.543. The topological polar surface area (TPSA) is 9.23 Å². The van der Waals surface area contributed by atoms with E-state index in [1.807, 2.05) is 6.07 Å². The Balaban J connectivity index is 2.24. The molecule has 0 radical (unpaired) electrons. The highest BCUT2D eigenvalue weighted by molar-refractivity contribution is 6.42. The number of hydrogen-bond donors (Lipinski definition) is 0.